The minimum absolute atomic E-state index is 0.186. The predicted octanol–water partition coefficient (Wildman–Crippen LogP) is 5.46. The number of amides is 1. The lowest BCUT2D eigenvalue weighted by molar-refractivity contribution is 0.102. The molecule has 4 nitrogen and oxygen atoms in total. The van der Waals surface area contributed by atoms with Gasteiger partial charge in [0, 0.05) is 22.0 Å². The highest BCUT2D eigenvalue weighted by molar-refractivity contribution is 9.10. The molecular weight excluding hydrogens is 378 g/mol. The Bertz CT molecular complexity index is 924. The van der Waals surface area contributed by atoms with Crippen molar-refractivity contribution in [1.82, 2.24) is 4.98 Å². The Morgan fingerprint density at radius 2 is 1.80 bits per heavy atom. The van der Waals surface area contributed by atoms with Crippen molar-refractivity contribution in [3.05, 3.63) is 82.1 Å². The number of pyridine rings is 1. The number of carbonyl (C=O) groups is 1. The number of carbonyl (C=O) groups excluding carboxylic acids is 1. The van der Waals surface area contributed by atoms with Gasteiger partial charge in [0.15, 0.2) is 0 Å². The molecule has 1 aromatic heterocycles. The first-order valence-corrected chi connectivity index (χ1v) is 8.67. The third kappa shape index (κ3) is 4.45. The molecule has 1 heterocycles. The molecule has 0 fully saturated rings. The number of aromatic nitrogens is 1. The second-order valence-electron chi connectivity index (χ2n) is 5.87. The molecule has 0 aliphatic rings. The van der Waals surface area contributed by atoms with Crippen molar-refractivity contribution in [2.45, 2.75) is 13.8 Å². The van der Waals surface area contributed by atoms with Crippen LogP contribution in [0.2, 0.25) is 0 Å². The molecule has 2 aromatic carbocycles. The standard InChI is InChI=1S/C20H18BrN3O/c1-13-4-3-5-16(8-13)24-20(25)15-10-18(12-22-11-15)23-17-6-7-19(21)14(2)9-17/h3-12,23H,1-2H3,(H,24,25). The fourth-order valence-corrected chi connectivity index (χ4v) is 2.69. The zero-order valence-electron chi connectivity index (χ0n) is 14.0. The summed E-state index contributed by atoms with van der Waals surface area (Å²) in [5.41, 5.74) is 5.20. The van der Waals surface area contributed by atoms with Crippen LogP contribution in [0.15, 0.2) is 65.4 Å². The molecule has 2 N–H and O–H groups in total. The fourth-order valence-electron chi connectivity index (χ4n) is 2.45. The lowest BCUT2D eigenvalue weighted by Crippen LogP contribution is -2.12. The molecule has 3 rings (SSSR count). The molecule has 0 bridgehead atoms. The van der Waals surface area contributed by atoms with Crippen LogP contribution in [0.25, 0.3) is 0 Å². The van der Waals surface area contributed by atoms with Gasteiger partial charge in [0.1, 0.15) is 0 Å². The van der Waals surface area contributed by atoms with Gasteiger partial charge in [0.25, 0.3) is 5.91 Å². The molecule has 0 unspecified atom stereocenters. The van der Waals surface area contributed by atoms with Gasteiger partial charge in [-0.25, -0.2) is 0 Å². The van der Waals surface area contributed by atoms with E-state index in [0.717, 1.165) is 32.7 Å². The first-order valence-electron chi connectivity index (χ1n) is 7.87. The highest BCUT2D eigenvalue weighted by Gasteiger charge is 2.08. The first kappa shape index (κ1) is 17.2. The third-order valence-electron chi connectivity index (χ3n) is 3.72. The molecule has 3 aromatic rings. The number of hydrogen-bond donors (Lipinski definition) is 2. The second-order valence-corrected chi connectivity index (χ2v) is 6.73. The van der Waals surface area contributed by atoms with E-state index in [9.17, 15) is 4.79 Å². The summed E-state index contributed by atoms with van der Waals surface area (Å²) in [4.78, 5) is 16.6. The minimum atomic E-state index is -0.186. The molecule has 0 radical (unpaired) electrons. The van der Waals surface area contributed by atoms with Crippen LogP contribution in [0.1, 0.15) is 21.5 Å². The molecule has 0 saturated carbocycles. The quantitative estimate of drug-likeness (QED) is 0.616. The lowest BCUT2D eigenvalue weighted by Gasteiger charge is -2.10. The molecule has 1 amide bonds. The van der Waals surface area contributed by atoms with E-state index in [-0.39, 0.29) is 5.91 Å². The minimum Gasteiger partial charge on any atom is -0.354 e. The number of benzene rings is 2. The summed E-state index contributed by atoms with van der Waals surface area (Å²) in [5.74, 6) is -0.186. The van der Waals surface area contributed by atoms with Crippen molar-refractivity contribution >= 4 is 38.9 Å². The zero-order valence-corrected chi connectivity index (χ0v) is 15.6. The van der Waals surface area contributed by atoms with Gasteiger partial charge in [-0.1, -0.05) is 28.1 Å². The molecule has 0 aliphatic heterocycles. The Kier molecular flexibility index (Phi) is 5.14. The normalized spacial score (nSPS) is 10.4. The molecule has 0 spiro atoms. The maximum absolute atomic E-state index is 12.4. The predicted molar refractivity (Wildman–Crippen MR) is 106 cm³/mol. The van der Waals surface area contributed by atoms with Crippen molar-refractivity contribution in [2.75, 3.05) is 10.6 Å². The lowest BCUT2D eigenvalue weighted by atomic mass is 10.2. The van der Waals surface area contributed by atoms with Gasteiger partial charge in [-0.15, -0.1) is 0 Å². The number of aryl methyl sites for hydroxylation is 2. The zero-order chi connectivity index (χ0) is 17.8. The summed E-state index contributed by atoms with van der Waals surface area (Å²) < 4.78 is 1.06. The van der Waals surface area contributed by atoms with Gasteiger partial charge in [-0.3, -0.25) is 9.78 Å². The highest BCUT2D eigenvalue weighted by Crippen LogP contribution is 2.23. The number of nitrogens with one attached hydrogen (secondary N) is 2. The number of hydrogen-bond acceptors (Lipinski definition) is 3. The van der Waals surface area contributed by atoms with Crippen LogP contribution in [-0.2, 0) is 0 Å². The highest BCUT2D eigenvalue weighted by atomic mass is 79.9. The van der Waals surface area contributed by atoms with Crippen LogP contribution in [0.4, 0.5) is 17.1 Å². The molecular formula is C20H18BrN3O. The van der Waals surface area contributed by atoms with E-state index in [4.69, 9.17) is 0 Å². The maximum atomic E-state index is 12.4. The Morgan fingerprint density at radius 3 is 2.56 bits per heavy atom. The Hall–Kier alpha value is -2.66. The van der Waals surface area contributed by atoms with Crippen molar-refractivity contribution < 1.29 is 4.79 Å². The van der Waals surface area contributed by atoms with Gasteiger partial charge in [-0.2, -0.15) is 0 Å². The van der Waals surface area contributed by atoms with E-state index in [2.05, 4.69) is 31.5 Å². The van der Waals surface area contributed by atoms with E-state index in [0.29, 0.717) is 5.56 Å². The Balaban J connectivity index is 1.76. The largest absolute Gasteiger partial charge is 0.354 e. The third-order valence-corrected chi connectivity index (χ3v) is 4.61. The molecule has 0 aliphatic carbocycles. The monoisotopic (exact) mass is 395 g/mol. The number of anilines is 3. The van der Waals surface area contributed by atoms with Crippen molar-refractivity contribution in [3.8, 4) is 0 Å². The summed E-state index contributed by atoms with van der Waals surface area (Å²) in [7, 11) is 0. The van der Waals surface area contributed by atoms with E-state index >= 15 is 0 Å². The van der Waals surface area contributed by atoms with Crippen molar-refractivity contribution in [2.24, 2.45) is 0 Å². The Labute approximate surface area is 155 Å². The van der Waals surface area contributed by atoms with Crippen LogP contribution in [0.5, 0.6) is 0 Å². The molecule has 126 valence electrons. The molecule has 5 heteroatoms. The van der Waals surface area contributed by atoms with Crippen molar-refractivity contribution in [1.29, 1.82) is 0 Å². The van der Waals surface area contributed by atoms with Crippen LogP contribution in [0, 0.1) is 13.8 Å². The second kappa shape index (κ2) is 7.49. The topological polar surface area (TPSA) is 54.0 Å². The van der Waals surface area contributed by atoms with Gasteiger partial charge in [-0.05, 0) is 61.4 Å². The summed E-state index contributed by atoms with van der Waals surface area (Å²) in [5, 5.41) is 6.17. The van der Waals surface area contributed by atoms with Crippen molar-refractivity contribution in [3.63, 3.8) is 0 Å². The maximum Gasteiger partial charge on any atom is 0.257 e. The van der Waals surface area contributed by atoms with Gasteiger partial charge in [0.2, 0.25) is 0 Å². The smallest absolute Gasteiger partial charge is 0.257 e. The fraction of sp³-hybridized carbons (Fsp3) is 0.100. The summed E-state index contributed by atoms with van der Waals surface area (Å²) in [6.45, 7) is 4.02. The van der Waals surface area contributed by atoms with E-state index in [1.807, 2.05) is 56.3 Å². The average molecular weight is 396 g/mol. The van der Waals surface area contributed by atoms with Crippen LogP contribution >= 0.6 is 15.9 Å². The molecule has 0 saturated heterocycles. The number of halogens is 1. The van der Waals surface area contributed by atoms with Crippen LogP contribution in [0.3, 0.4) is 0 Å². The van der Waals surface area contributed by atoms with E-state index in [1.165, 1.54) is 0 Å². The summed E-state index contributed by atoms with van der Waals surface area (Å²) in [6, 6.07) is 15.5. The van der Waals surface area contributed by atoms with Crippen LogP contribution in [-0.4, -0.2) is 10.9 Å². The van der Waals surface area contributed by atoms with Gasteiger partial charge < -0.3 is 10.6 Å². The summed E-state index contributed by atoms with van der Waals surface area (Å²) >= 11 is 3.49. The van der Waals surface area contributed by atoms with E-state index in [1.54, 1.807) is 18.5 Å². The van der Waals surface area contributed by atoms with Gasteiger partial charge in [0.05, 0.1) is 17.4 Å². The SMILES string of the molecule is Cc1cccc(NC(=O)c2cncc(Nc3ccc(Br)c(C)c3)c2)c1. The summed E-state index contributed by atoms with van der Waals surface area (Å²) in [6.07, 6.45) is 3.25. The first-order chi connectivity index (χ1) is 12.0. The van der Waals surface area contributed by atoms with Gasteiger partial charge >= 0.3 is 0 Å². The number of rotatable bonds is 4. The Morgan fingerprint density at radius 1 is 0.960 bits per heavy atom. The average Bonchev–Trinajstić information content (AvgIpc) is 2.58. The molecule has 25 heavy (non-hydrogen) atoms. The number of nitrogens with zero attached hydrogens (tertiary/aromatic N) is 1. The van der Waals surface area contributed by atoms with E-state index < -0.39 is 0 Å². The molecule has 0 atom stereocenters. The van der Waals surface area contributed by atoms with Crippen LogP contribution < -0.4 is 10.6 Å².